The summed E-state index contributed by atoms with van der Waals surface area (Å²) in [6.45, 7) is 2.92. The Morgan fingerprint density at radius 3 is 2.70 bits per heavy atom. The molecule has 4 aliphatic rings. The molecule has 4 heterocycles. The van der Waals surface area contributed by atoms with Crippen LogP contribution in [0.5, 0.6) is 0 Å². The van der Waals surface area contributed by atoms with Crippen molar-refractivity contribution < 1.29 is 18.8 Å². The molecule has 1 unspecified atom stereocenters. The van der Waals surface area contributed by atoms with E-state index in [9.17, 15) is 14.4 Å². The molecule has 8 heteroatoms. The highest BCUT2D eigenvalue weighted by atomic mass is 19.1. The third-order valence-electron chi connectivity index (χ3n) is 7.69. The van der Waals surface area contributed by atoms with Crippen LogP contribution >= 0.6 is 0 Å². The number of rotatable bonds is 4. The topological polar surface area (TPSA) is 82.6 Å². The number of hydrogen-bond acceptors (Lipinski definition) is 5. The zero-order chi connectivity index (χ0) is 22.7. The molecule has 3 fully saturated rings. The van der Waals surface area contributed by atoms with Crippen LogP contribution in [-0.4, -0.2) is 51.6 Å². The van der Waals surface area contributed by atoms with Gasteiger partial charge in [-0.25, -0.2) is 4.39 Å². The average Bonchev–Trinajstić information content (AvgIpc) is 3.06. The number of amides is 3. The predicted molar refractivity (Wildman–Crippen MR) is 117 cm³/mol. The van der Waals surface area contributed by atoms with Crippen LogP contribution in [0.25, 0.3) is 11.3 Å². The van der Waals surface area contributed by atoms with E-state index in [1.54, 1.807) is 30.5 Å². The van der Waals surface area contributed by atoms with Crippen LogP contribution in [0.15, 0.2) is 30.5 Å². The van der Waals surface area contributed by atoms with Crippen LogP contribution < -0.4 is 5.32 Å². The first-order valence-electron chi connectivity index (χ1n) is 11.6. The Hall–Kier alpha value is -3.13. The Kier molecular flexibility index (Phi) is 4.62. The van der Waals surface area contributed by atoms with Gasteiger partial charge >= 0.3 is 0 Å². The van der Waals surface area contributed by atoms with E-state index in [4.69, 9.17) is 0 Å². The van der Waals surface area contributed by atoms with Gasteiger partial charge in [0, 0.05) is 55.5 Å². The molecule has 1 N–H and O–H groups in total. The summed E-state index contributed by atoms with van der Waals surface area (Å²) in [5, 5.41) is 2.31. The molecule has 1 spiro atoms. The lowest BCUT2D eigenvalue weighted by atomic mass is 9.63. The van der Waals surface area contributed by atoms with Gasteiger partial charge in [-0.3, -0.25) is 29.6 Å². The summed E-state index contributed by atoms with van der Waals surface area (Å²) < 4.78 is 15.4. The number of imide groups is 1. The van der Waals surface area contributed by atoms with E-state index >= 15 is 4.39 Å². The van der Waals surface area contributed by atoms with Crippen LogP contribution in [-0.2, 0) is 22.7 Å². The average molecular weight is 448 g/mol. The SMILES string of the molecule is O=C1CCC(N2Cc3cc(-c4nccc(CN5CC6(CCC6)C5)c4F)ccc3C2=O)C(=O)N1. The molecule has 0 bridgehead atoms. The number of pyridine rings is 1. The fraction of sp³-hybridized carbons (Fsp3) is 0.440. The number of aromatic nitrogens is 1. The summed E-state index contributed by atoms with van der Waals surface area (Å²) in [5.74, 6) is -1.32. The zero-order valence-corrected chi connectivity index (χ0v) is 18.3. The fourth-order valence-corrected chi connectivity index (χ4v) is 5.78. The van der Waals surface area contributed by atoms with E-state index < -0.39 is 11.9 Å². The minimum absolute atomic E-state index is 0.210. The number of carbonyl (C=O) groups is 3. The first-order chi connectivity index (χ1) is 15.9. The summed E-state index contributed by atoms with van der Waals surface area (Å²) in [4.78, 5) is 44.7. The van der Waals surface area contributed by atoms with Crippen LogP contribution in [0.1, 0.15) is 53.6 Å². The van der Waals surface area contributed by atoms with Gasteiger partial charge in [-0.15, -0.1) is 0 Å². The third kappa shape index (κ3) is 3.35. The molecule has 1 aromatic carbocycles. The highest BCUT2D eigenvalue weighted by molar-refractivity contribution is 6.05. The van der Waals surface area contributed by atoms with E-state index in [1.807, 2.05) is 0 Å². The monoisotopic (exact) mass is 448 g/mol. The number of nitrogens with zero attached hydrogens (tertiary/aromatic N) is 3. The maximum absolute atomic E-state index is 15.4. The number of carbonyl (C=O) groups excluding carboxylic acids is 3. The number of halogens is 1. The Balaban J connectivity index is 1.22. The molecule has 3 aliphatic heterocycles. The van der Waals surface area contributed by atoms with Gasteiger partial charge < -0.3 is 4.90 Å². The van der Waals surface area contributed by atoms with Gasteiger partial charge in [0.1, 0.15) is 11.7 Å². The van der Waals surface area contributed by atoms with Gasteiger partial charge in [-0.2, -0.15) is 0 Å². The van der Waals surface area contributed by atoms with Crippen LogP contribution in [0.3, 0.4) is 0 Å². The van der Waals surface area contributed by atoms with Gasteiger partial charge in [-0.05, 0) is 48.4 Å². The van der Waals surface area contributed by atoms with Crippen molar-refractivity contribution in [2.45, 2.75) is 51.2 Å². The number of benzene rings is 1. The zero-order valence-electron chi connectivity index (χ0n) is 18.3. The number of nitrogens with one attached hydrogen (secondary N) is 1. The van der Waals surface area contributed by atoms with Gasteiger partial charge in [0.15, 0.2) is 5.82 Å². The molecule has 170 valence electrons. The van der Waals surface area contributed by atoms with Crippen LogP contribution in [0.2, 0.25) is 0 Å². The van der Waals surface area contributed by atoms with Crippen molar-refractivity contribution in [3.05, 3.63) is 53.0 Å². The maximum atomic E-state index is 15.4. The predicted octanol–water partition coefficient (Wildman–Crippen LogP) is 2.63. The molecular formula is C25H25FN4O3. The van der Waals surface area contributed by atoms with Crippen molar-refractivity contribution in [2.75, 3.05) is 13.1 Å². The Labute approximate surface area is 191 Å². The van der Waals surface area contributed by atoms with Gasteiger partial charge in [-0.1, -0.05) is 12.5 Å². The quantitative estimate of drug-likeness (QED) is 0.728. The van der Waals surface area contributed by atoms with Crippen molar-refractivity contribution in [1.29, 1.82) is 0 Å². The first-order valence-corrected chi connectivity index (χ1v) is 11.6. The molecule has 7 nitrogen and oxygen atoms in total. The Morgan fingerprint density at radius 2 is 1.97 bits per heavy atom. The summed E-state index contributed by atoms with van der Waals surface area (Å²) in [6.07, 6.45) is 6.05. The minimum Gasteiger partial charge on any atom is -0.322 e. The molecule has 1 atom stereocenters. The number of piperidine rings is 1. The molecule has 6 rings (SSSR count). The number of likely N-dealkylation sites (tertiary alicyclic amines) is 1. The molecule has 1 saturated carbocycles. The highest BCUT2D eigenvalue weighted by Crippen LogP contribution is 2.48. The van der Waals surface area contributed by atoms with E-state index in [0.717, 1.165) is 18.7 Å². The summed E-state index contributed by atoms with van der Waals surface area (Å²) in [7, 11) is 0. The number of fused-ring (bicyclic) bond motifs is 1. The fourth-order valence-electron chi connectivity index (χ4n) is 5.78. The molecule has 1 aliphatic carbocycles. The van der Waals surface area contributed by atoms with E-state index in [1.165, 1.54) is 24.2 Å². The second-order valence-corrected chi connectivity index (χ2v) is 9.90. The summed E-state index contributed by atoms with van der Waals surface area (Å²) in [5.41, 5.74) is 3.27. The summed E-state index contributed by atoms with van der Waals surface area (Å²) in [6, 6.07) is 6.27. The van der Waals surface area contributed by atoms with Crippen molar-refractivity contribution in [3.8, 4) is 11.3 Å². The molecule has 3 amide bonds. The molecule has 2 saturated heterocycles. The summed E-state index contributed by atoms with van der Waals surface area (Å²) >= 11 is 0. The van der Waals surface area contributed by atoms with Crippen molar-refractivity contribution in [2.24, 2.45) is 5.41 Å². The smallest absolute Gasteiger partial charge is 0.255 e. The number of hydrogen-bond donors (Lipinski definition) is 1. The lowest BCUT2D eigenvalue weighted by Crippen LogP contribution is -2.59. The second kappa shape index (κ2) is 7.45. The normalized spacial score (nSPS) is 23.8. The van der Waals surface area contributed by atoms with Gasteiger partial charge in [0.2, 0.25) is 11.8 Å². The third-order valence-corrected chi connectivity index (χ3v) is 7.69. The largest absolute Gasteiger partial charge is 0.322 e. The van der Waals surface area contributed by atoms with Crippen LogP contribution in [0, 0.1) is 11.2 Å². The second-order valence-electron chi connectivity index (χ2n) is 9.90. The Bertz CT molecular complexity index is 1180. The lowest BCUT2D eigenvalue weighted by molar-refractivity contribution is -0.136. The van der Waals surface area contributed by atoms with Gasteiger partial charge in [0.25, 0.3) is 5.91 Å². The minimum atomic E-state index is -0.667. The standard InChI is InChI=1S/C25H25FN4O3/c26-21-16(11-29-13-25(14-29)7-1-8-25)6-9-27-22(21)15-2-3-18-17(10-15)12-30(24(18)33)19-4-5-20(31)28-23(19)32/h2-3,6,9-10,19H,1,4-5,7-8,11-14H2,(H,28,31,32). The molecule has 1 aromatic heterocycles. The molecule has 33 heavy (non-hydrogen) atoms. The van der Waals surface area contributed by atoms with Crippen molar-refractivity contribution in [3.63, 3.8) is 0 Å². The first kappa shape index (κ1) is 20.5. The lowest BCUT2D eigenvalue weighted by Gasteiger charge is -2.56. The highest BCUT2D eigenvalue weighted by Gasteiger charge is 2.47. The van der Waals surface area contributed by atoms with Gasteiger partial charge in [0.05, 0.1) is 0 Å². The molecule has 0 radical (unpaired) electrons. The molecule has 2 aromatic rings. The maximum Gasteiger partial charge on any atom is 0.255 e. The van der Waals surface area contributed by atoms with E-state index in [-0.39, 0.29) is 36.3 Å². The molecular weight excluding hydrogens is 423 g/mol. The van der Waals surface area contributed by atoms with Crippen molar-refractivity contribution in [1.82, 2.24) is 20.1 Å². The van der Waals surface area contributed by atoms with Crippen molar-refractivity contribution >= 4 is 17.7 Å². The van der Waals surface area contributed by atoms with E-state index in [0.29, 0.717) is 35.1 Å². The van der Waals surface area contributed by atoms with Crippen LogP contribution in [0.4, 0.5) is 4.39 Å². The van der Waals surface area contributed by atoms with E-state index in [2.05, 4.69) is 15.2 Å². The Morgan fingerprint density at radius 1 is 1.15 bits per heavy atom.